The van der Waals surface area contributed by atoms with E-state index < -0.39 is 114 Å². The van der Waals surface area contributed by atoms with Crippen molar-refractivity contribution >= 4 is 40.0 Å². The molecule has 4 saturated heterocycles. The second-order valence-electron chi connectivity index (χ2n) is 25.2. The molecule has 0 radical (unpaired) electrons. The normalized spacial score (nSPS) is 36.8. The largest absolute Gasteiger partial charge is 0.459 e. The number of aliphatic hydroxyl groups excluding tert-OH is 3. The lowest BCUT2D eigenvalue weighted by molar-refractivity contribution is -0.318. The summed E-state index contributed by atoms with van der Waals surface area (Å²) in [5.41, 5.74) is -2.42. The van der Waals surface area contributed by atoms with E-state index in [4.69, 9.17) is 42.6 Å². The van der Waals surface area contributed by atoms with Crippen LogP contribution in [0, 0.1) is 29.1 Å². The summed E-state index contributed by atoms with van der Waals surface area (Å²) in [6, 6.07) is 6.44. The van der Waals surface area contributed by atoms with Crippen LogP contribution in [0.2, 0.25) is 0 Å². The Morgan fingerprint density at radius 2 is 1.70 bits per heavy atom. The number of aromatic amines is 1. The van der Waals surface area contributed by atoms with Gasteiger partial charge in [-0.2, -0.15) is 5.26 Å². The zero-order valence-corrected chi connectivity index (χ0v) is 51.4. The average Bonchev–Trinajstić information content (AvgIpc) is 3.27. The van der Waals surface area contributed by atoms with Crippen LogP contribution in [0.25, 0.3) is 39.7 Å². The Balaban J connectivity index is 1.02. The van der Waals surface area contributed by atoms with E-state index in [9.17, 15) is 40.4 Å². The summed E-state index contributed by atoms with van der Waals surface area (Å²) in [7, 11) is 6.74. The number of rotatable bonds is 14. The molecule has 0 saturated carbocycles. The molecule has 84 heavy (non-hydrogen) atoms. The number of imidazole rings is 1. The molecule has 8 heterocycles. The predicted octanol–water partition coefficient (Wildman–Crippen LogP) is 5.17. The highest BCUT2D eigenvalue weighted by molar-refractivity contribution is 6.03. The van der Waals surface area contributed by atoms with E-state index in [2.05, 4.69) is 20.6 Å². The van der Waals surface area contributed by atoms with Crippen molar-refractivity contribution in [3.8, 4) is 17.7 Å². The number of methoxy groups -OCH3 is 1. The number of H-pyrrole nitrogens is 1. The summed E-state index contributed by atoms with van der Waals surface area (Å²) in [6.45, 7) is 19.3. The molecule has 466 valence electrons. The van der Waals surface area contributed by atoms with Crippen LogP contribution < -0.4 is 0 Å². The molecule has 0 aliphatic carbocycles. The van der Waals surface area contributed by atoms with Gasteiger partial charge in [-0.25, -0.2) is 9.97 Å². The van der Waals surface area contributed by atoms with Crippen LogP contribution >= 0.6 is 0 Å². The molecule has 18 atom stereocenters. The van der Waals surface area contributed by atoms with Gasteiger partial charge in [-0.1, -0.05) is 20.8 Å². The van der Waals surface area contributed by atoms with E-state index in [0.29, 0.717) is 49.0 Å². The Hall–Kier alpha value is -4.91. The summed E-state index contributed by atoms with van der Waals surface area (Å²) >= 11 is 0. The second-order valence-corrected chi connectivity index (χ2v) is 25.2. The maximum absolute atomic E-state index is 14.6. The number of aliphatic hydroxyl groups is 5. The number of hydrogen-bond acceptors (Lipinski definition) is 20. The molecule has 4 aliphatic rings. The fourth-order valence-corrected chi connectivity index (χ4v) is 13.3. The second kappa shape index (κ2) is 26.6. The van der Waals surface area contributed by atoms with E-state index in [1.165, 1.54) is 25.0 Å². The number of esters is 1. The van der Waals surface area contributed by atoms with Gasteiger partial charge < -0.3 is 82.5 Å². The number of pyridine rings is 1. The molecule has 1 unspecified atom stereocenters. The molecule has 4 fully saturated rings. The molecule has 1 amide bonds. The van der Waals surface area contributed by atoms with Gasteiger partial charge in [-0.3, -0.25) is 14.5 Å². The molecular formula is C61H92N8O15. The number of hydrogen-bond donors (Lipinski definition) is 6. The summed E-state index contributed by atoms with van der Waals surface area (Å²) in [4.78, 5) is 46.6. The van der Waals surface area contributed by atoms with Crippen LogP contribution in [0.3, 0.4) is 0 Å². The van der Waals surface area contributed by atoms with E-state index in [1.54, 1.807) is 73.8 Å². The Morgan fingerprint density at radius 3 is 2.38 bits per heavy atom. The van der Waals surface area contributed by atoms with Crippen LogP contribution in [-0.4, -0.2) is 223 Å². The van der Waals surface area contributed by atoms with E-state index in [1.807, 2.05) is 50.0 Å². The van der Waals surface area contributed by atoms with Gasteiger partial charge in [0.2, 0.25) is 0 Å². The first-order chi connectivity index (χ1) is 39.6. The topological polar surface area (TPSA) is 293 Å². The van der Waals surface area contributed by atoms with Gasteiger partial charge in [0.1, 0.15) is 58.6 Å². The van der Waals surface area contributed by atoms with Crippen LogP contribution in [0.5, 0.6) is 0 Å². The highest BCUT2D eigenvalue weighted by Gasteiger charge is 2.53. The predicted molar refractivity (Wildman–Crippen MR) is 311 cm³/mol. The zero-order chi connectivity index (χ0) is 61.3. The molecule has 0 aromatic carbocycles. The van der Waals surface area contributed by atoms with Crippen molar-refractivity contribution in [3.63, 3.8) is 0 Å². The van der Waals surface area contributed by atoms with Gasteiger partial charge in [-0.15, -0.1) is 0 Å². The monoisotopic (exact) mass is 1180 g/mol. The lowest BCUT2D eigenvalue weighted by Crippen LogP contribution is -2.61. The van der Waals surface area contributed by atoms with Crippen molar-refractivity contribution in [3.05, 3.63) is 41.9 Å². The van der Waals surface area contributed by atoms with Crippen molar-refractivity contribution in [2.24, 2.45) is 17.8 Å². The number of carbonyl (C=O) groups excluding carboxylic acids is 2. The van der Waals surface area contributed by atoms with Crippen molar-refractivity contribution in [2.45, 2.75) is 204 Å². The van der Waals surface area contributed by atoms with E-state index in [0.717, 1.165) is 29.4 Å². The first-order valence-electron chi connectivity index (χ1n) is 29.8. The molecular weight excluding hydrogens is 1080 g/mol. The highest BCUT2D eigenvalue weighted by atomic mass is 16.7. The number of furan rings is 1. The number of ether oxygens (including phenoxy) is 7. The number of cyclic esters (lactones) is 1. The van der Waals surface area contributed by atoms with E-state index in [-0.39, 0.29) is 49.9 Å². The molecule has 4 aromatic heterocycles. The average molecular weight is 1180 g/mol. The SMILES string of the molecule is CC[C@H]1OC(=O)[C@H](C)[C@@H](O[C@H]2C[C@@](C)(OC)[C@@H](O)[C@H](C)O2)[C@H](C)[C@@H](O[C@@H]2O[C@H](C)CC(N(C)CCN(C)C(=O)/C(C#N)=C/c3ccc(-c4nc5cnc6[nH]ccc6c5n4C4CCOCC4)o3)[C@H]2O)[C@](C)(O)C[C@@H](C)CN(C)[C@H](C)[C@@H](O)[C@]1(C)O. The van der Waals surface area contributed by atoms with Crippen molar-refractivity contribution in [1.82, 2.24) is 34.2 Å². The molecule has 8 rings (SSSR count). The maximum atomic E-state index is 14.6. The number of nitriles is 1. The van der Waals surface area contributed by atoms with Gasteiger partial charge in [0, 0.05) is 95.1 Å². The van der Waals surface area contributed by atoms with Crippen LogP contribution in [0.4, 0.5) is 0 Å². The first kappa shape index (κ1) is 65.1. The number of amides is 1. The lowest BCUT2D eigenvalue weighted by Gasteiger charge is -2.49. The molecule has 4 aliphatic heterocycles. The van der Waals surface area contributed by atoms with Crippen molar-refractivity contribution in [2.75, 3.05) is 61.1 Å². The van der Waals surface area contributed by atoms with Crippen LogP contribution in [0.1, 0.15) is 120 Å². The Kier molecular flexibility index (Phi) is 20.6. The summed E-state index contributed by atoms with van der Waals surface area (Å²) in [5, 5.41) is 71.4. The fourth-order valence-electron chi connectivity index (χ4n) is 13.3. The van der Waals surface area contributed by atoms with Gasteiger partial charge in [0.15, 0.2) is 24.2 Å². The van der Waals surface area contributed by atoms with Crippen LogP contribution in [-0.2, 0) is 42.7 Å². The quantitative estimate of drug-likeness (QED) is 0.0539. The number of likely N-dealkylation sites (N-methyl/N-ethyl adjacent to an activating group) is 3. The summed E-state index contributed by atoms with van der Waals surface area (Å²) in [6.07, 6.45) is -3.35. The lowest BCUT2D eigenvalue weighted by atomic mass is 9.77. The molecule has 0 spiro atoms. The molecule has 4 aromatic rings. The first-order valence-corrected chi connectivity index (χ1v) is 29.8. The van der Waals surface area contributed by atoms with Crippen molar-refractivity contribution < 1.29 is 72.7 Å². The van der Waals surface area contributed by atoms with Gasteiger partial charge in [0.05, 0.1) is 53.2 Å². The molecule has 6 N–H and O–H groups in total. The third-order valence-corrected chi connectivity index (χ3v) is 18.5. The number of nitrogens with zero attached hydrogens (tertiary/aromatic N) is 7. The van der Waals surface area contributed by atoms with Crippen molar-refractivity contribution in [1.29, 1.82) is 5.26 Å². The zero-order valence-electron chi connectivity index (χ0n) is 51.4. The standard InChI is InChI=1S/C61H92N8O15/c1-15-46-61(10,76)51(71)37(6)68(13)32-33(2)28-59(8,75)53(35(4)50(36(5)57(74)82-46)83-47-29-60(9,77-14)52(72)38(7)80-47)84-58-49(70)44(26-34(3)79-58)66(11)22-23-67(12)56(73)39(30-62)27-41-16-17-45(81-41)55-65-43-31-64-54-42(18-21-63-54)48(43)69(55)40-19-24-78-25-20-40/h16-18,21,27,31,33-38,40,44,46-47,49-53,58,70-72,75-76H,15,19-20,22-26,28-29,32H2,1-14H3,(H,63,64)/b39-27+/t33-,34-,35+,36-,37-,38+,44?,46-,47+,49-,50+,51-,52+,53-,58+,59-,60-,61-/m1/s1. The van der Waals surface area contributed by atoms with Gasteiger partial charge in [-0.05, 0) is 119 Å². The van der Waals surface area contributed by atoms with Crippen LogP contribution in [0.15, 0.2) is 40.6 Å². The number of fused-ring (bicyclic) bond motifs is 3. The smallest absolute Gasteiger partial charge is 0.311 e. The Bertz CT molecular complexity index is 2950. The summed E-state index contributed by atoms with van der Waals surface area (Å²) < 4.78 is 52.6. The third kappa shape index (κ3) is 13.6. The number of carbonyl (C=O) groups is 2. The fraction of sp³-hybridized carbons (Fsp3) is 0.721. The molecule has 23 nitrogen and oxygen atoms in total. The van der Waals surface area contributed by atoms with Gasteiger partial charge >= 0.3 is 5.97 Å². The Labute approximate surface area is 493 Å². The molecule has 0 bridgehead atoms. The number of aromatic nitrogens is 4. The third-order valence-electron chi connectivity index (χ3n) is 18.5. The number of nitrogens with one attached hydrogen (secondary N) is 1. The van der Waals surface area contributed by atoms with E-state index >= 15 is 0 Å². The minimum absolute atomic E-state index is 0.0661. The maximum Gasteiger partial charge on any atom is 0.311 e. The minimum Gasteiger partial charge on any atom is -0.459 e. The van der Waals surface area contributed by atoms with Gasteiger partial charge in [0.25, 0.3) is 5.91 Å². The summed E-state index contributed by atoms with van der Waals surface area (Å²) in [5.74, 6) is -2.14. The highest BCUT2D eigenvalue weighted by Crippen LogP contribution is 2.42. The molecule has 23 heteroatoms. The minimum atomic E-state index is -1.87. The Morgan fingerprint density at radius 1 is 0.988 bits per heavy atom.